The van der Waals surface area contributed by atoms with Crippen molar-refractivity contribution in [2.75, 3.05) is 6.61 Å². The second kappa shape index (κ2) is 6.45. The summed E-state index contributed by atoms with van der Waals surface area (Å²) in [6.45, 7) is 0.957. The summed E-state index contributed by atoms with van der Waals surface area (Å²) in [5, 5.41) is 0. The molecule has 0 spiro atoms. The average Bonchev–Trinajstić information content (AvgIpc) is 2.19. The Labute approximate surface area is 94.5 Å². The van der Waals surface area contributed by atoms with E-state index in [4.69, 9.17) is 0 Å². The van der Waals surface area contributed by atoms with Crippen molar-refractivity contribution in [3.05, 3.63) is 0 Å². The van der Waals surface area contributed by atoms with E-state index < -0.39 is 12.8 Å². The first-order valence-electron chi connectivity index (χ1n) is 5.95. The lowest BCUT2D eigenvalue weighted by Crippen LogP contribution is -2.35. The monoisotopic (exact) mass is 239 g/mol. The summed E-state index contributed by atoms with van der Waals surface area (Å²) >= 11 is 0. The largest absolute Gasteiger partial charge is 0.413 e. The summed E-state index contributed by atoms with van der Waals surface area (Å²) in [6, 6.07) is 0.0930. The standard InChI is InChI=1S/C11H20F3NO/c1-2-3-9-4-6-10(7-5-9)15-16-8-11(12,13)14/h9-10,15H,2-8H2,1H3. The first-order chi connectivity index (χ1) is 7.51. The van der Waals surface area contributed by atoms with Gasteiger partial charge < -0.3 is 0 Å². The van der Waals surface area contributed by atoms with Crippen molar-refractivity contribution in [3.8, 4) is 0 Å². The van der Waals surface area contributed by atoms with Crippen molar-refractivity contribution < 1.29 is 18.0 Å². The zero-order valence-corrected chi connectivity index (χ0v) is 9.65. The van der Waals surface area contributed by atoms with Gasteiger partial charge >= 0.3 is 6.18 Å². The van der Waals surface area contributed by atoms with Gasteiger partial charge in [0.1, 0.15) is 0 Å². The van der Waals surface area contributed by atoms with E-state index in [-0.39, 0.29) is 6.04 Å². The lowest BCUT2D eigenvalue weighted by molar-refractivity contribution is -0.194. The van der Waals surface area contributed by atoms with Crippen LogP contribution in [0.1, 0.15) is 45.4 Å². The van der Waals surface area contributed by atoms with Crippen LogP contribution in [-0.2, 0) is 4.84 Å². The lowest BCUT2D eigenvalue weighted by atomic mass is 9.84. The van der Waals surface area contributed by atoms with E-state index in [1.165, 1.54) is 12.8 Å². The molecule has 1 aliphatic rings. The molecule has 1 N–H and O–H groups in total. The predicted molar refractivity (Wildman–Crippen MR) is 55.8 cm³/mol. The van der Waals surface area contributed by atoms with Gasteiger partial charge in [0.25, 0.3) is 0 Å². The molecule has 96 valence electrons. The minimum absolute atomic E-state index is 0.0930. The van der Waals surface area contributed by atoms with E-state index in [9.17, 15) is 13.2 Å². The van der Waals surface area contributed by atoms with Crippen LogP contribution in [0.15, 0.2) is 0 Å². The summed E-state index contributed by atoms with van der Waals surface area (Å²) < 4.78 is 35.4. The van der Waals surface area contributed by atoms with Gasteiger partial charge in [-0.15, -0.1) is 0 Å². The number of nitrogens with one attached hydrogen (secondary N) is 1. The molecular weight excluding hydrogens is 219 g/mol. The molecule has 0 amide bonds. The third kappa shape index (κ3) is 5.70. The fourth-order valence-electron chi connectivity index (χ4n) is 2.22. The summed E-state index contributed by atoms with van der Waals surface area (Å²) in [4.78, 5) is 4.46. The van der Waals surface area contributed by atoms with Gasteiger partial charge in [-0.3, -0.25) is 4.84 Å². The number of hydrogen-bond acceptors (Lipinski definition) is 2. The molecule has 0 unspecified atom stereocenters. The Kier molecular flexibility index (Phi) is 5.55. The van der Waals surface area contributed by atoms with Crippen LogP contribution in [0.3, 0.4) is 0 Å². The number of hydroxylamine groups is 1. The Morgan fingerprint density at radius 3 is 2.31 bits per heavy atom. The van der Waals surface area contributed by atoms with Crippen LogP contribution >= 0.6 is 0 Å². The molecule has 0 aliphatic heterocycles. The van der Waals surface area contributed by atoms with Crippen LogP contribution in [0.4, 0.5) is 13.2 Å². The molecule has 1 aliphatic carbocycles. The van der Waals surface area contributed by atoms with Crippen LogP contribution in [0.2, 0.25) is 0 Å². The maximum absolute atomic E-state index is 11.8. The Morgan fingerprint density at radius 2 is 1.81 bits per heavy atom. The number of hydrogen-bond donors (Lipinski definition) is 1. The van der Waals surface area contributed by atoms with Gasteiger partial charge in [-0.05, 0) is 31.6 Å². The molecule has 0 radical (unpaired) electrons. The second-order valence-electron chi connectivity index (χ2n) is 4.53. The van der Waals surface area contributed by atoms with Gasteiger partial charge in [0.05, 0.1) is 0 Å². The molecule has 16 heavy (non-hydrogen) atoms. The molecule has 0 heterocycles. The van der Waals surface area contributed by atoms with Gasteiger partial charge in [0.2, 0.25) is 0 Å². The molecule has 0 atom stereocenters. The number of halogens is 3. The van der Waals surface area contributed by atoms with E-state index in [1.807, 2.05) is 0 Å². The highest BCUT2D eigenvalue weighted by atomic mass is 19.4. The van der Waals surface area contributed by atoms with Crippen LogP contribution in [0.25, 0.3) is 0 Å². The van der Waals surface area contributed by atoms with E-state index in [0.717, 1.165) is 31.6 Å². The molecule has 0 aromatic rings. The maximum Gasteiger partial charge on any atom is 0.413 e. The molecule has 0 bridgehead atoms. The first-order valence-corrected chi connectivity index (χ1v) is 5.95. The van der Waals surface area contributed by atoms with Gasteiger partial charge in [-0.2, -0.15) is 18.7 Å². The van der Waals surface area contributed by atoms with E-state index in [1.54, 1.807) is 0 Å². The summed E-state index contributed by atoms with van der Waals surface area (Å²) in [7, 11) is 0. The molecule has 2 nitrogen and oxygen atoms in total. The number of rotatable bonds is 5. The van der Waals surface area contributed by atoms with E-state index in [2.05, 4.69) is 17.2 Å². The lowest BCUT2D eigenvalue weighted by Gasteiger charge is -2.28. The van der Waals surface area contributed by atoms with Crippen molar-refractivity contribution >= 4 is 0 Å². The minimum atomic E-state index is -4.24. The van der Waals surface area contributed by atoms with Crippen molar-refractivity contribution in [3.63, 3.8) is 0 Å². The third-order valence-electron chi connectivity index (χ3n) is 3.03. The molecule has 5 heteroatoms. The smallest absolute Gasteiger partial charge is 0.292 e. The number of alkyl halides is 3. The first kappa shape index (κ1) is 13.8. The zero-order valence-electron chi connectivity index (χ0n) is 9.65. The normalized spacial score (nSPS) is 27.0. The van der Waals surface area contributed by atoms with Crippen molar-refractivity contribution in [2.24, 2.45) is 5.92 Å². The molecule has 0 saturated heterocycles. The van der Waals surface area contributed by atoms with Gasteiger partial charge in [0, 0.05) is 6.04 Å². The van der Waals surface area contributed by atoms with E-state index >= 15 is 0 Å². The zero-order chi connectivity index (χ0) is 12.0. The topological polar surface area (TPSA) is 21.3 Å². The Hall–Kier alpha value is -0.290. The van der Waals surface area contributed by atoms with Crippen LogP contribution in [-0.4, -0.2) is 18.8 Å². The highest BCUT2D eigenvalue weighted by Crippen LogP contribution is 2.27. The molecule has 1 saturated carbocycles. The van der Waals surface area contributed by atoms with Crippen LogP contribution in [0, 0.1) is 5.92 Å². The Balaban J connectivity index is 2.08. The average molecular weight is 239 g/mol. The Morgan fingerprint density at radius 1 is 1.19 bits per heavy atom. The summed E-state index contributed by atoms with van der Waals surface area (Å²) in [6.07, 6.45) is 2.21. The highest BCUT2D eigenvalue weighted by molar-refractivity contribution is 4.74. The summed E-state index contributed by atoms with van der Waals surface area (Å²) in [5.74, 6) is 0.755. The molecule has 1 rings (SSSR count). The maximum atomic E-state index is 11.8. The second-order valence-corrected chi connectivity index (χ2v) is 4.53. The van der Waals surface area contributed by atoms with Gasteiger partial charge in [0.15, 0.2) is 6.61 Å². The minimum Gasteiger partial charge on any atom is -0.292 e. The van der Waals surface area contributed by atoms with Crippen LogP contribution in [0.5, 0.6) is 0 Å². The summed E-state index contributed by atoms with van der Waals surface area (Å²) in [5.41, 5.74) is 2.52. The fraction of sp³-hybridized carbons (Fsp3) is 1.00. The van der Waals surface area contributed by atoms with Crippen LogP contribution < -0.4 is 5.48 Å². The van der Waals surface area contributed by atoms with Crippen molar-refractivity contribution in [1.82, 2.24) is 5.48 Å². The van der Waals surface area contributed by atoms with Gasteiger partial charge in [-0.1, -0.05) is 19.8 Å². The Bertz CT molecular complexity index is 188. The molecule has 0 aromatic carbocycles. The highest BCUT2D eigenvalue weighted by Gasteiger charge is 2.28. The van der Waals surface area contributed by atoms with E-state index in [0.29, 0.717) is 0 Å². The van der Waals surface area contributed by atoms with Gasteiger partial charge in [-0.25, -0.2) is 0 Å². The van der Waals surface area contributed by atoms with Crippen molar-refractivity contribution in [2.45, 2.75) is 57.7 Å². The SMILES string of the molecule is CCCC1CCC(NOCC(F)(F)F)CC1. The molecule has 0 aromatic heterocycles. The predicted octanol–water partition coefficient (Wildman–Crippen LogP) is 3.43. The quantitative estimate of drug-likeness (QED) is 0.742. The van der Waals surface area contributed by atoms with Crippen molar-refractivity contribution in [1.29, 1.82) is 0 Å². The fourth-order valence-corrected chi connectivity index (χ4v) is 2.22. The molecular formula is C11H20F3NO. The molecule has 1 fully saturated rings. The third-order valence-corrected chi connectivity index (χ3v) is 3.03.